The highest BCUT2D eigenvalue weighted by Gasteiger charge is 2.03. The van der Waals surface area contributed by atoms with E-state index in [0.717, 1.165) is 16.9 Å². The number of benzene rings is 2. The number of methoxy groups -OCH3 is 1. The molecule has 2 rings (SSSR count). The van der Waals surface area contributed by atoms with E-state index >= 15 is 0 Å². The molecule has 0 aliphatic heterocycles. The molecule has 2 aromatic rings. The van der Waals surface area contributed by atoms with Gasteiger partial charge in [0, 0.05) is 15.7 Å². The fourth-order valence-corrected chi connectivity index (χ4v) is 3.01. The molecule has 130 valence electrons. The highest BCUT2D eigenvalue weighted by Crippen LogP contribution is 2.22. The Hall–Kier alpha value is -2.38. The lowest BCUT2D eigenvalue weighted by Crippen LogP contribution is -2.25. The topological polar surface area (TPSA) is 38.3 Å². The molecule has 0 saturated heterocycles. The SMILES string of the molecule is COc1ccc(C#CCNC(=O)Cc2ccc(SC(C)C)cc2)cc1. The van der Waals surface area contributed by atoms with Gasteiger partial charge in [-0.2, -0.15) is 0 Å². The van der Waals surface area contributed by atoms with Gasteiger partial charge in [-0.05, 0) is 42.0 Å². The number of nitrogens with one attached hydrogen (secondary N) is 1. The number of carbonyl (C=O) groups is 1. The number of carbonyl (C=O) groups excluding carboxylic acids is 1. The molecule has 0 fully saturated rings. The van der Waals surface area contributed by atoms with Crippen molar-refractivity contribution in [2.24, 2.45) is 0 Å². The van der Waals surface area contributed by atoms with Gasteiger partial charge >= 0.3 is 0 Å². The van der Waals surface area contributed by atoms with E-state index in [4.69, 9.17) is 4.74 Å². The summed E-state index contributed by atoms with van der Waals surface area (Å²) in [6.45, 7) is 4.67. The predicted octanol–water partition coefficient (Wildman–Crippen LogP) is 3.91. The van der Waals surface area contributed by atoms with Gasteiger partial charge in [-0.3, -0.25) is 4.79 Å². The van der Waals surface area contributed by atoms with Gasteiger partial charge < -0.3 is 10.1 Å². The Morgan fingerprint density at radius 1 is 1.12 bits per heavy atom. The average molecular weight is 353 g/mol. The monoisotopic (exact) mass is 353 g/mol. The zero-order valence-electron chi connectivity index (χ0n) is 14.8. The largest absolute Gasteiger partial charge is 0.497 e. The quantitative estimate of drug-likeness (QED) is 0.632. The first-order valence-electron chi connectivity index (χ1n) is 8.22. The lowest BCUT2D eigenvalue weighted by molar-refractivity contribution is -0.120. The van der Waals surface area contributed by atoms with E-state index in [0.29, 0.717) is 18.2 Å². The Labute approximate surface area is 154 Å². The van der Waals surface area contributed by atoms with Crippen LogP contribution in [0.15, 0.2) is 53.4 Å². The molecule has 0 aliphatic rings. The predicted molar refractivity (Wildman–Crippen MR) is 104 cm³/mol. The summed E-state index contributed by atoms with van der Waals surface area (Å²) in [7, 11) is 1.63. The van der Waals surface area contributed by atoms with E-state index < -0.39 is 0 Å². The number of amides is 1. The number of rotatable bonds is 6. The van der Waals surface area contributed by atoms with Crippen molar-refractivity contribution < 1.29 is 9.53 Å². The minimum Gasteiger partial charge on any atom is -0.497 e. The molecule has 0 radical (unpaired) electrons. The van der Waals surface area contributed by atoms with E-state index in [-0.39, 0.29) is 5.91 Å². The average Bonchev–Trinajstić information content (AvgIpc) is 2.60. The lowest BCUT2D eigenvalue weighted by Gasteiger charge is -2.06. The van der Waals surface area contributed by atoms with E-state index in [2.05, 4.69) is 43.1 Å². The van der Waals surface area contributed by atoms with Crippen LogP contribution in [0.5, 0.6) is 5.75 Å². The van der Waals surface area contributed by atoms with Gasteiger partial charge in [-0.15, -0.1) is 11.8 Å². The summed E-state index contributed by atoms with van der Waals surface area (Å²) in [5.74, 6) is 6.76. The van der Waals surface area contributed by atoms with Crippen LogP contribution in [0, 0.1) is 11.8 Å². The van der Waals surface area contributed by atoms with Crippen molar-refractivity contribution in [3.05, 3.63) is 59.7 Å². The van der Waals surface area contributed by atoms with Crippen LogP contribution in [-0.4, -0.2) is 24.8 Å². The number of ether oxygens (including phenoxy) is 1. The highest BCUT2D eigenvalue weighted by atomic mass is 32.2. The third-order valence-corrected chi connectivity index (χ3v) is 4.37. The van der Waals surface area contributed by atoms with Crippen LogP contribution in [0.2, 0.25) is 0 Å². The summed E-state index contributed by atoms with van der Waals surface area (Å²) in [4.78, 5) is 13.2. The second-order valence-corrected chi connectivity index (χ2v) is 7.44. The molecular formula is C21H23NO2S. The normalized spacial score (nSPS) is 10.1. The van der Waals surface area contributed by atoms with E-state index in [1.54, 1.807) is 7.11 Å². The highest BCUT2D eigenvalue weighted by molar-refractivity contribution is 7.99. The maximum absolute atomic E-state index is 12.0. The van der Waals surface area contributed by atoms with Crippen molar-refractivity contribution in [1.29, 1.82) is 0 Å². The third-order valence-electron chi connectivity index (χ3n) is 3.36. The smallest absolute Gasteiger partial charge is 0.225 e. The molecule has 0 unspecified atom stereocenters. The number of thioether (sulfide) groups is 1. The van der Waals surface area contributed by atoms with Crippen molar-refractivity contribution in [2.75, 3.05) is 13.7 Å². The van der Waals surface area contributed by atoms with Gasteiger partial charge in [-0.25, -0.2) is 0 Å². The van der Waals surface area contributed by atoms with Gasteiger partial charge in [0.2, 0.25) is 5.91 Å². The first-order chi connectivity index (χ1) is 12.1. The Kier molecular flexibility index (Phi) is 7.43. The summed E-state index contributed by atoms with van der Waals surface area (Å²) in [6.07, 6.45) is 0.372. The van der Waals surface area contributed by atoms with Crippen LogP contribution >= 0.6 is 11.8 Å². The molecule has 0 atom stereocenters. The molecule has 0 heterocycles. The van der Waals surface area contributed by atoms with Crippen molar-refractivity contribution in [3.8, 4) is 17.6 Å². The maximum Gasteiger partial charge on any atom is 0.225 e. The molecule has 1 N–H and O–H groups in total. The molecule has 0 saturated carbocycles. The Morgan fingerprint density at radius 3 is 2.40 bits per heavy atom. The van der Waals surface area contributed by atoms with E-state index in [9.17, 15) is 4.79 Å². The first kappa shape index (κ1) is 19.0. The minimum atomic E-state index is -0.0201. The second-order valence-electron chi connectivity index (χ2n) is 5.79. The molecule has 0 aliphatic carbocycles. The fraction of sp³-hybridized carbons (Fsp3) is 0.286. The van der Waals surface area contributed by atoms with Crippen LogP contribution in [0.4, 0.5) is 0 Å². The van der Waals surface area contributed by atoms with Crippen molar-refractivity contribution in [1.82, 2.24) is 5.32 Å². The molecule has 4 heteroatoms. The fourth-order valence-electron chi connectivity index (χ4n) is 2.17. The molecule has 1 amide bonds. The summed E-state index contributed by atoms with van der Waals surface area (Å²) in [5, 5.41) is 3.38. The van der Waals surface area contributed by atoms with Crippen LogP contribution in [0.1, 0.15) is 25.0 Å². The number of hydrogen-bond acceptors (Lipinski definition) is 3. The zero-order valence-corrected chi connectivity index (χ0v) is 15.7. The standard InChI is InChI=1S/C21H23NO2S/c1-16(2)25-20-12-8-18(9-13-20)15-21(23)22-14-4-5-17-6-10-19(24-3)11-7-17/h6-13,16H,14-15H2,1-3H3,(H,22,23). The van der Waals surface area contributed by atoms with Gasteiger partial charge in [0.05, 0.1) is 20.1 Å². The summed E-state index contributed by atoms with van der Waals surface area (Å²) in [5.41, 5.74) is 1.90. The van der Waals surface area contributed by atoms with Crippen LogP contribution < -0.4 is 10.1 Å². The molecule has 3 nitrogen and oxygen atoms in total. The van der Waals surface area contributed by atoms with Gasteiger partial charge in [0.1, 0.15) is 5.75 Å². The van der Waals surface area contributed by atoms with Gasteiger partial charge in [0.25, 0.3) is 0 Å². The maximum atomic E-state index is 12.0. The van der Waals surface area contributed by atoms with E-state index in [1.807, 2.05) is 48.2 Å². The molecule has 25 heavy (non-hydrogen) atoms. The Balaban J connectivity index is 1.78. The van der Waals surface area contributed by atoms with Crippen molar-refractivity contribution in [3.63, 3.8) is 0 Å². The molecule has 0 aromatic heterocycles. The van der Waals surface area contributed by atoms with Crippen LogP contribution in [0.25, 0.3) is 0 Å². The lowest BCUT2D eigenvalue weighted by atomic mass is 10.1. The number of hydrogen-bond donors (Lipinski definition) is 1. The first-order valence-corrected chi connectivity index (χ1v) is 9.10. The zero-order chi connectivity index (χ0) is 18.1. The summed E-state index contributed by atoms with van der Waals surface area (Å²) >= 11 is 1.82. The van der Waals surface area contributed by atoms with Crippen LogP contribution in [-0.2, 0) is 11.2 Å². The van der Waals surface area contributed by atoms with Crippen molar-refractivity contribution >= 4 is 17.7 Å². The van der Waals surface area contributed by atoms with Crippen LogP contribution in [0.3, 0.4) is 0 Å². The molecular weight excluding hydrogens is 330 g/mol. The van der Waals surface area contributed by atoms with Crippen molar-refractivity contribution in [2.45, 2.75) is 30.4 Å². The molecule has 2 aromatic carbocycles. The molecule has 0 bridgehead atoms. The Bertz CT molecular complexity index is 740. The minimum absolute atomic E-state index is 0.0201. The summed E-state index contributed by atoms with van der Waals surface area (Å²) in [6, 6.07) is 15.7. The van der Waals surface area contributed by atoms with Gasteiger partial charge in [0.15, 0.2) is 0 Å². The second kappa shape index (κ2) is 9.80. The van der Waals surface area contributed by atoms with E-state index in [1.165, 1.54) is 4.90 Å². The third kappa shape index (κ3) is 6.94. The van der Waals surface area contributed by atoms with Gasteiger partial charge in [-0.1, -0.05) is 37.8 Å². The Morgan fingerprint density at radius 2 is 1.80 bits per heavy atom. The summed E-state index contributed by atoms with van der Waals surface area (Å²) < 4.78 is 5.10. The molecule has 0 spiro atoms.